The Morgan fingerprint density at radius 2 is 1.63 bits per heavy atom. The van der Waals surface area contributed by atoms with Crippen LogP contribution in [0.2, 0.25) is 18.1 Å². The summed E-state index contributed by atoms with van der Waals surface area (Å²) in [6.45, 7) is 5.17. The summed E-state index contributed by atoms with van der Waals surface area (Å²) >= 11 is 1.96. The smallest absolute Gasteiger partial charge is 0.0868 e. The van der Waals surface area contributed by atoms with Crippen LogP contribution in [0.3, 0.4) is 0 Å². The third kappa shape index (κ3) is 1.39. The SMILES string of the molecule is C[Si](C)(c1ccccc1)C12CC(c3cccs3)(C1)C2. The average Bonchev–Trinajstić information content (AvgIpc) is 2.80. The maximum Gasteiger partial charge on any atom is 0.0868 e. The first kappa shape index (κ1) is 11.9. The van der Waals surface area contributed by atoms with Gasteiger partial charge in [-0.2, -0.15) is 0 Å². The summed E-state index contributed by atoms with van der Waals surface area (Å²) in [4.78, 5) is 1.65. The molecule has 0 aliphatic heterocycles. The molecular formula is C17H20SSi. The molecule has 3 saturated carbocycles. The van der Waals surface area contributed by atoms with Gasteiger partial charge >= 0.3 is 0 Å². The lowest BCUT2D eigenvalue weighted by molar-refractivity contribution is -0.0128. The summed E-state index contributed by atoms with van der Waals surface area (Å²) < 4.78 is 0. The summed E-state index contributed by atoms with van der Waals surface area (Å²) in [6.07, 6.45) is 4.36. The van der Waals surface area contributed by atoms with Gasteiger partial charge in [0.05, 0.1) is 8.07 Å². The fourth-order valence-corrected chi connectivity index (χ4v) is 9.36. The van der Waals surface area contributed by atoms with E-state index >= 15 is 0 Å². The van der Waals surface area contributed by atoms with Gasteiger partial charge in [-0.1, -0.05) is 54.7 Å². The van der Waals surface area contributed by atoms with Crippen LogP contribution in [0.5, 0.6) is 0 Å². The normalized spacial score (nSPS) is 32.5. The molecule has 1 heterocycles. The van der Waals surface area contributed by atoms with E-state index in [4.69, 9.17) is 0 Å². The van der Waals surface area contributed by atoms with Crippen molar-refractivity contribution in [1.82, 2.24) is 0 Å². The van der Waals surface area contributed by atoms with Crippen molar-refractivity contribution in [3.63, 3.8) is 0 Å². The molecule has 2 bridgehead atoms. The fraction of sp³-hybridized carbons (Fsp3) is 0.412. The fourth-order valence-electron chi connectivity index (χ4n) is 4.45. The molecule has 0 unspecified atom stereocenters. The van der Waals surface area contributed by atoms with E-state index in [1.54, 1.807) is 10.1 Å². The van der Waals surface area contributed by atoms with Gasteiger partial charge in [0.1, 0.15) is 0 Å². The summed E-state index contributed by atoms with van der Waals surface area (Å²) in [5.74, 6) is 0. The first-order chi connectivity index (χ1) is 9.08. The zero-order chi connectivity index (χ0) is 13.1. The van der Waals surface area contributed by atoms with E-state index in [2.05, 4.69) is 60.9 Å². The predicted molar refractivity (Wildman–Crippen MR) is 86.1 cm³/mol. The molecule has 19 heavy (non-hydrogen) atoms. The van der Waals surface area contributed by atoms with Gasteiger partial charge in [0.25, 0.3) is 0 Å². The van der Waals surface area contributed by atoms with E-state index in [9.17, 15) is 0 Å². The van der Waals surface area contributed by atoms with E-state index in [-0.39, 0.29) is 0 Å². The lowest BCUT2D eigenvalue weighted by Gasteiger charge is -2.75. The van der Waals surface area contributed by atoms with E-state index in [1.807, 2.05) is 11.3 Å². The van der Waals surface area contributed by atoms with Crippen LogP contribution in [-0.4, -0.2) is 8.07 Å². The summed E-state index contributed by atoms with van der Waals surface area (Å²) in [5.41, 5.74) is 0.590. The third-order valence-electron chi connectivity index (χ3n) is 5.90. The quantitative estimate of drug-likeness (QED) is 0.726. The van der Waals surface area contributed by atoms with Crippen molar-refractivity contribution in [2.24, 2.45) is 0 Å². The molecule has 0 saturated heterocycles. The topological polar surface area (TPSA) is 0 Å². The zero-order valence-corrected chi connectivity index (χ0v) is 13.5. The van der Waals surface area contributed by atoms with Crippen LogP contribution in [0, 0.1) is 0 Å². The highest BCUT2D eigenvalue weighted by atomic mass is 32.1. The van der Waals surface area contributed by atoms with Crippen molar-refractivity contribution >= 4 is 24.6 Å². The third-order valence-corrected chi connectivity index (χ3v) is 12.0. The number of benzene rings is 1. The van der Waals surface area contributed by atoms with E-state index < -0.39 is 8.07 Å². The number of rotatable bonds is 3. The largest absolute Gasteiger partial charge is 0.148 e. The Labute approximate surface area is 120 Å². The van der Waals surface area contributed by atoms with Gasteiger partial charge in [-0.25, -0.2) is 0 Å². The van der Waals surface area contributed by atoms with E-state index in [0.29, 0.717) is 10.5 Å². The molecule has 2 aromatic rings. The van der Waals surface area contributed by atoms with Crippen molar-refractivity contribution < 1.29 is 0 Å². The molecule has 0 atom stereocenters. The Bertz CT molecular complexity index is 578. The molecule has 5 rings (SSSR count). The molecule has 0 spiro atoms. The minimum absolute atomic E-state index is 0.590. The van der Waals surface area contributed by atoms with Gasteiger partial charge < -0.3 is 0 Å². The van der Waals surface area contributed by atoms with Crippen LogP contribution in [0.15, 0.2) is 47.8 Å². The second kappa shape index (κ2) is 3.61. The molecule has 98 valence electrons. The van der Waals surface area contributed by atoms with Crippen molar-refractivity contribution in [2.45, 2.75) is 42.8 Å². The maximum absolute atomic E-state index is 2.58. The Morgan fingerprint density at radius 3 is 2.21 bits per heavy atom. The average molecular weight is 285 g/mol. The van der Waals surface area contributed by atoms with Gasteiger partial charge in [0, 0.05) is 10.3 Å². The van der Waals surface area contributed by atoms with E-state index in [0.717, 1.165) is 0 Å². The highest BCUT2D eigenvalue weighted by molar-refractivity contribution is 7.10. The standard InChI is InChI=1S/C17H20SSi/c1-19(2,14-7-4-3-5-8-14)17-11-16(12-17,13-17)15-9-6-10-18-15/h3-10H,11-13H2,1-2H3. The number of hydrogen-bond donors (Lipinski definition) is 0. The number of thiophene rings is 1. The molecule has 1 aromatic carbocycles. The van der Waals surface area contributed by atoms with Gasteiger partial charge in [-0.05, 0) is 35.7 Å². The van der Waals surface area contributed by atoms with E-state index in [1.165, 1.54) is 19.3 Å². The van der Waals surface area contributed by atoms with Crippen LogP contribution in [0.25, 0.3) is 0 Å². The second-order valence-corrected chi connectivity index (χ2v) is 12.9. The Kier molecular flexibility index (Phi) is 2.27. The van der Waals surface area contributed by atoms with Gasteiger partial charge in [-0.15, -0.1) is 11.3 Å². The van der Waals surface area contributed by atoms with Crippen molar-refractivity contribution in [1.29, 1.82) is 0 Å². The predicted octanol–water partition coefficient (Wildman–Crippen LogP) is 4.54. The summed E-state index contributed by atoms with van der Waals surface area (Å²) in [7, 11) is -1.31. The molecule has 3 fully saturated rings. The Hall–Kier alpha value is -0.863. The second-order valence-electron chi connectivity index (χ2n) is 7.06. The van der Waals surface area contributed by atoms with Crippen LogP contribution in [0.1, 0.15) is 24.1 Å². The minimum atomic E-state index is -1.31. The highest BCUT2D eigenvalue weighted by Crippen LogP contribution is 2.82. The molecule has 3 aliphatic rings. The molecule has 3 aliphatic carbocycles. The molecule has 1 aromatic heterocycles. The molecule has 2 heteroatoms. The summed E-state index contributed by atoms with van der Waals surface area (Å²) in [5, 5.41) is 4.58. The molecule has 0 radical (unpaired) electrons. The first-order valence-electron chi connectivity index (χ1n) is 7.18. The monoisotopic (exact) mass is 284 g/mol. The van der Waals surface area contributed by atoms with Crippen molar-refractivity contribution in [2.75, 3.05) is 0 Å². The Morgan fingerprint density at radius 1 is 0.947 bits per heavy atom. The number of hydrogen-bond acceptors (Lipinski definition) is 1. The zero-order valence-electron chi connectivity index (χ0n) is 11.6. The van der Waals surface area contributed by atoms with Gasteiger partial charge in [0.2, 0.25) is 0 Å². The minimum Gasteiger partial charge on any atom is -0.148 e. The van der Waals surface area contributed by atoms with Crippen molar-refractivity contribution in [3.8, 4) is 0 Å². The molecule has 0 N–H and O–H groups in total. The van der Waals surface area contributed by atoms with Crippen molar-refractivity contribution in [3.05, 3.63) is 52.7 Å². The van der Waals surface area contributed by atoms with Crippen LogP contribution >= 0.6 is 11.3 Å². The lowest BCUT2D eigenvalue weighted by Crippen LogP contribution is -2.72. The van der Waals surface area contributed by atoms with Crippen LogP contribution in [-0.2, 0) is 5.41 Å². The maximum atomic E-state index is 2.58. The molecule has 0 amide bonds. The van der Waals surface area contributed by atoms with Gasteiger partial charge in [0.15, 0.2) is 0 Å². The van der Waals surface area contributed by atoms with Crippen LogP contribution < -0.4 is 5.19 Å². The highest BCUT2D eigenvalue weighted by Gasteiger charge is 2.73. The molecular weight excluding hydrogens is 264 g/mol. The summed E-state index contributed by atoms with van der Waals surface area (Å²) in [6, 6.07) is 15.9. The van der Waals surface area contributed by atoms with Crippen LogP contribution in [0.4, 0.5) is 0 Å². The lowest BCUT2D eigenvalue weighted by atomic mass is 9.43. The Balaban J connectivity index is 1.61. The first-order valence-corrected chi connectivity index (χ1v) is 11.1. The van der Waals surface area contributed by atoms with Gasteiger partial charge in [-0.3, -0.25) is 0 Å². The molecule has 0 nitrogen and oxygen atoms in total.